The summed E-state index contributed by atoms with van der Waals surface area (Å²) in [7, 11) is 1.66. The number of nitrogens with two attached hydrogens (primary N) is 1. The Kier molecular flexibility index (Phi) is 3.97. The first kappa shape index (κ1) is 12.6. The van der Waals surface area contributed by atoms with E-state index in [1.54, 1.807) is 7.11 Å². The maximum absolute atomic E-state index is 9.00. The Hall–Kier alpha value is -1.84. The third-order valence-electron chi connectivity index (χ3n) is 2.94. The van der Waals surface area contributed by atoms with Gasteiger partial charge in [-0.1, -0.05) is 36.4 Å². The van der Waals surface area contributed by atoms with Crippen LogP contribution in [0, 0.1) is 0 Å². The van der Waals surface area contributed by atoms with Crippen LogP contribution < -0.4 is 10.5 Å². The minimum absolute atomic E-state index is 0.0431. The van der Waals surface area contributed by atoms with Crippen LogP contribution in [0.3, 0.4) is 0 Å². The molecule has 0 aliphatic heterocycles. The number of aliphatic hydroxyl groups is 1. The molecule has 2 aromatic carbocycles. The second kappa shape index (κ2) is 5.67. The average molecular weight is 243 g/mol. The van der Waals surface area contributed by atoms with Crippen molar-refractivity contribution in [1.29, 1.82) is 0 Å². The van der Waals surface area contributed by atoms with Crippen LogP contribution in [0.5, 0.6) is 5.75 Å². The average Bonchev–Trinajstić information content (AvgIpc) is 2.46. The summed E-state index contributed by atoms with van der Waals surface area (Å²) in [4.78, 5) is 0. The van der Waals surface area contributed by atoms with Gasteiger partial charge in [-0.05, 0) is 28.8 Å². The zero-order valence-corrected chi connectivity index (χ0v) is 10.3. The van der Waals surface area contributed by atoms with E-state index >= 15 is 0 Å². The standard InChI is InChI=1S/C15H17NO2/c1-18-14-4-2-3-13(9-14)11-5-7-12(8-6-11)15(16)10-17/h2-9,15,17H,10,16H2,1H3/t15-/m1/s1. The normalized spacial score (nSPS) is 12.2. The SMILES string of the molecule is COc1cccc(-c2ccc([C@H](N)CO)cc2)c1. The molecule has 2 aromatic rings. The van der Waals surface area contributed by atoms with E-state index in [1.165, 1.54) is 0 Å². The van der Waals surface area contributed by atoms with Crippen molar-refractivity contribution in [2.45, 2.75) is 6.04 Å². The lowest BCUT2D eigenvalue weighted by molar-refractivity contribution is 0.268. The number of rotatable bonds is 4. The molecule has 3 nitrogen and oxygen atoms in total. The molecule has 3 N–H and O–H groups in total. The van der Waals surface area contributed by atoms with E-state index in [1.807, 2.05) is 48.5 Å². The molecule has 0 aromatic heterocycles. The third kappa shape index (κ3) is 2.70. The van der Waals surface area contributed by atoms with Crippen molar-refractivity contribution >= 4 is 0 Å². The van der Waals surface area contributed by atoms with E-state index in [4.69, 9.17) is 15.6 Å². The van der Waals surface area contributed by atoms with E-state index in [9.17, 15) is 0 Å². The minimum atomic E-state index is -0.315. The predicted octanol–water partition coefficient (Wildman–Crippen LogP) is 2.35. The Bertz CT molecular complexity index is 508. The second-order valence-electron chi connectivity index (χ2n) is 4.14. The number of aliphatic hydroxyl groups excluding tert-OH is 1. The van der Waals surface area contributed by atoms with Gasteiger partial charge in [0, 0.05) is 0 Å². The second-order valence-corrected chi connectivity index (χ2v) is 4.14. The predicted molar refractivity (Wildman–Crippen MR) is 72.4 cm³/mol. The van der Waals surface area contributed by atoms with Crippen LogP contribution in [0.2, 0.25) is 0 Å². The first-order chi connectivity index (χ1) is 8.74. The van der Waals surface area contributed by atoms with Gasteiger partial charge in [0.25, 0.3) is 0 Å². The van der Waals surface area contributed by atoms with E-state index in [0.717, 1.165) is 22.4 Å². The van der Waals surface area contributed by atoms with Gasteiger partial charge in [-0.3, -0.25) is 0 Å². The monoisotopic (exact) mass is 243 g/mol. The van der Waals surface area contributed by atoms with E-state index in [2.05, 4.69) is 0 Å². The summed E-state index contributed by atoms with van der Waals surface area (Å²) in [6.07, 6.45) is 0. The molecular formula is C15H17NO2. The molecule has 0 unspecified atom stereocenters. The summed E-state index contributed by atoms with van der Waals surface area (Å²) in [5.74, 6) is 0.837. The van der Waals surface area contributed by atoms with Crippen LogP contribution in [0.25, 0.3) is 11.1 Å². The summed E-state index contributed by atoms with van der Waals surface area (Å²) < 4.78 is 5.20. The molecule has 0 saturated heterocycles. The van der Waals surface area contributed by atoms with Crippen molar-refractivity contribution in [1.82, 2.24) is 0 Å². The maximum atomic E-state index is 9.00. The molecule has 0 radical (unpaired) electrons. The van der Waals surface area contributed by atoms with Gasteiger partial charge >= 0.3 is 0 Å². The molecule has 94 valence electrons. The highest BCUT2D eigenvalue weighted by Crippen LogP contribution is 2.24. The van der Waals surface area contributed by atoms with E-state index < -0.39 is 0 Å². The molecule has 0 spiro atoms. The third-order valence-corrected chi connectivity index (χ3v) is 2.94. The van der Waals surface area contributed by atoms with Gasteiger partial charge in [0.1, 0.15) is 5.75 Å². The van der Waals surface area contributed by atoms with Gasteiger partial charge in [0.05, 0.1) is 19.8 Å². The fourth-order valence-electron chi connectivity index (χ4n) is 1.83. The Morgan fingerprint density at radius 1 is 1.11 bits per heavy atom. The quantitative estimate of drug-likeness (QED) is 0.866. The molecule has 0 fully saturated rings. The van der Waals surface area contributed by atoms with Crippen molar-refractivity contribution < 1.29 is 9.84 Å². The minimum Gasteiger partial charge on any atom is -0.497 e. The Balaban J connectivity index is 2.28. The zero-order chi connectivity index (χ0) is 13.0. The molecule has 0 saturated carbocycles. The van der Waals surface area contributed by atoms with Gasteiger partial charge < -0.3 is 15.6 Å². The van der Waals surface area contributed by atoms with Crippen molar-refractivity contribution in [3.05, 3.63) is 54.1 Å². The maximum Gasteiger partial charge on any atom is 0.119 e. The van der Waals surface area contributed by atoms with E-state index in [-0.39, 0.29) is 12.6 Å². The highest BCUT2D eigenvalue weighted by molar-refractivity contribution is 5.65. The van der Waals surface area contributed by atoms with Gasteiger partial charge in [-0.15, -0.1) is 0 Å². The molecule has 0 aliphatic rings. The number of hydrogen-bond acceptors (Lipinski definition) is 3. The van der Waals surface area contributed by atoms with Crippen molar-refractivity contribution in [2.75, 3.05) is 13.7 Å². The Morgan fingerprint density at radius 3 is 2.44 bits per heavy atom. The molecule has 2 rings (SSSR count). The van der Waals surface area contributed by atoms with Crippen LogP contribution in [0.15, 0.2) is 48.5 Å². The first-order valence-electron chi connectivity index (χ1n) is 5.85. The molecule has 0 heterocycles. The van der Waals surface area contributed by atoms with Crippen molar-refractivity contribution in [3.8, 4) is 16.9 Å². The van der Waals surface area contributed by atoms with Crippen LogP contribution in [0.4, 0.5) is 0 Å². The molecular weight excluding hydrogens is 226 g/mol. The fourth-order valence-corrected chi connectivity index (χ4v) is 1.83. The van der Waals surface area contributed by atoms with Gasteiger partial charge in [0.15, 0.2) is 0 Å². The lowest BCUT2D eigenvalue weighted by Crippen LogP contribution is -2.14. The Labute approximate surface area is 107 Å². The summed E-state index contributed by atoms with van der Waals surface area (Å²) in [5.41, 5.74) is 8.89. The summed E-state index contributed by atoms with van der Waals surface area (Å²) in [6, 6.07) is 15.5. The fraction of sp³-hybridized carbons (Fsp3) is 0.200. The lowest BCUT2D eigenvalue weighted by Gasteiger charge is -2.10. The molecule has 0 amide bonds. The largest absolute Gasteiger partial charge is 0.497 e. The molecule has 0 bridgehead atoms. The summed E-state index contributed by atoms with van der Waals surface area (Å²) in [6.45, 7) is -0.0431. The number of hydrogen-bond donors (Lipinski definition) is 2. The highest BCUT2D eigenvalue weighted by atomic mass is 16.5. The zero-order valence-electron chi connectivity index (χ0n) is 10.3. The van der Waals surface area contributed by atoms with Crippen LogP contribution in [0.1, 0.15) is 11.6 Å². The van der Waals surface area contributed by atoms with Crippen LogP contribution >= 0.6 is 0 Å². The topological polar surface area (TPSA) is 55.5 Å². The highest BCUT2D eigenvalue weighted by Gasteiger charge is 2.05. The number of ether oxygens (including phenoxy) is 1. The lowest BCUT2D eigenvalue weighted by atomic mass is 10.0. The molecule has 1 atom stereocenters. The molecule has 3 heteroatoms. The first-order valence-corrected chi connectivity index (χ1v) is 5.85. The van der Waals surface area contributed by atoms with Crippen LogP contribution in [-0.2, 0) is 0 Å². The smallest absolute Gasteiger partial charge is 0.119 e. The molecule has 18 heavy (non-hydrogen) atoms. The summed E-state index contributed by atoms with van der Waals surface area (Å²) >= 11 is 0. The number of benzene rings is 2. The summed E-state index contributed by atoms with van der Waals surface area (Å²) in [5, 5.41) is 9.00. The molecule has 0 aliphatic carbocycles. The van der Waals surface area contributed by atoms with Gasteiger partial charge in [-0.25, -0.2) is 0 Å². The van der Waals surface area contributed by atoms with Crippen molar-refractivity contribution in [3.63, 3.8) is 0 Å². The van der Waals surface area contributed by atoms with Crippen LogP contribution in [-0.4, -0.2) is 18.8 Å². The van der Waals surface area contributed by atoms with Gasteiger partial charge in [0.2, 0.25) is 0 Å². The van der Waals surface area contributed by atoms with Gasteiger partial charge in [-0.2, -0.15) is 0 Å². The Morgan fingerprint density at radius 2 is 1.83 bits per heavy atom. The van der Waals surface area contributed by atoms with E-state index in [0.29, 0.717) is 0 Å². The van der Waals surface area contributed by atoms with Crippen molar-refractivity contribution in [2.24, 2.45) is 5.73 Å². The number of methoxy groups -OCH3 is 1.